The van der Waals surface area contributed by atoms with E-state index in [-0.39, 0.29) is 0 Å². The molecule has 0 saturated carbocycles. The molecular weight excluding hydrogens is 246 g/mol. The molecule has 2 aliphatic rings. The SMILES string of the molecule is CCC1(CC)CC[C@H]2[C@H](C)CCC(c3ccoc3)N2C1. The van der Waals surface area contributed by atoms with Crippen LogP contribution in [0.5, 0.6) is 0 Å². The standard InChI is InChI=1S/C18H29NO/c1-4-18(5-2)10-8-16-14(3)6-7-17(19(16)13-18)15-9-11-20-12-15/h9,11-12,14,16-17H,4-8,10,13H2,1-3H3/t14-,16+,17?/m1/s1. The Balaban J connectivity index is 1.87. The summed E-state index contributed by atoms with van der Waals surface area (Å²) >= 11 is 0. The van der Waals surface area contributed by atoms with E-state index in [1.807, 2.05) is 12.5 Å². The fraction of sp³-hybridized carbons (Fsp3) is 0.778. The van der Waals surface area contributed by atoms with Gasteiger partial charge in [-0.2, -0.15) is 0 Å². The summed E-state index contributed by atoms with van der Waals surface area (Å²) in [4.78, 5) is 2.83. The fourth-order valence-electron chi connectivity index (χ4n) is 4.59. The van der Waals surface area contributed by atoms with E-state index in [2.05, 4.69) is 31.7 Å². The van der Waals surface area contributed by atoms with Crippen molar-refractivity contribution in [2.75, 3.05) is 6.54 Å². The van der Waals surface area contributed by atoms with Crippen LogP contribution in [0.2, 0.25) is 0 Å². The lowest BCUT2D eigenvalue weighted by Crippen LogP contribution is -2.54. The molecule has 2 aliphatic heterocycles. The Hall–Kier alpha value is -0.760. The van der Waals surface area contributed by atoms with Crippen LogP contribution in [0.1, 0.15) is 70.9 Å². The third-order valence-electron chi connectivity index (χ3n) is 6.29. The van der Waals surface area contributed by atoms with Crippen molar-refractivity contribution < 1.29 is 4.42 Å². The van der Waals surface area contributed by atoms with Crippen molar-refractivity contribution in [3.05, 3.63) is 24.2 Å². The second kappa shape index (κ2) is 5.55. The van der Waals surface area contributed by atoms with Crippen LogP contribution in [-0.4, -0.2) is 17.5 Å². The van der Waals surface area contributed by atoms with Crippen molar-refractivity contribution in [3.8, 4) is 0 Å². The van der Waals surface area contributed by atoms with Gasteiger partial charge in [0.2, 0.25) is 0 Å². The molecule has 0 N–H and O–H groups in total. The maximum atomic E-state index is 5.35. The van der Waals surface area contributed by atoms with E-state index in [1.54, 1.807) is 0 Å². The Morgan fingerprint density at radius 3 is 2.70 bits per heavy atom. The number of furan rings is 1. The summed E-state index contributed by atoms with van der Waals surface area (Å²) in [5.41, 5.74) is 1.94. The van der Waals surface area contributed by atoms with Crippen LogP contribution in [0.15, 0.2) is 23.0 Å². The molecule has 20 heavy (non-hydrogen) atoms. The zero-order valence-electron chi connectivity index (χ0n) is 13.3. The van der Waals surface area contributed by atoms with E-state index < -0.39 is 0 Å². The summed E-state index contributed by atoms with van der Waals surface area (Å²) in [7, 11) is 0. The number of rotatable bonds is 3. The van der Waals surface area contributed by atoms with Crippen LogP contribution in [0.3, 0.4) is 0 Å². The van der Waals surface area contributed by atoms with Gasteiger partial charge in [0, 0.05) is 24.2 Å². The molecule has 0 aliphatic carbocycles. The zero-order chi connectivity index (χ0) is 14.2. The number of piperidine rings is 2. The van der Waals surface area contributed by atoms with Gasteiger partial charge in [-0.15, -0.1) is 0 Å². The Kier molecular flexibility index (Phi) is 3.94. The molecule has 0 amide bonds. The monoisotopic (exact) mass is 275 g/mol. The first-order valence-corrected chi connectivity index (χ1v) is 8.47. The fourth-order valence-corrected chi connectivity index (χ4v) is 4.59. The molecule has 0 aromatic carbocycles. The van der Waals surface area contributed by atoms with Gasteiger partial charge in [0.1, 0.15) is 0 Å². The van der Waals surface area contributed by atoms with Gasteiger partial charge in [0.25, 0.3) is 0 Å². The first-order valence-electron chi connectivity index (χ1n) is 8.47. The van der Waals surface area contributed by atoms with Crippen LogP contribution < -0.4 is 0 Å². The first-order chi connectivity index (χ1) is 9.69. The van der Waals surface area contributed by atoms with Gasteiger partial charge < -0.3 is 4.42 Å². The van der Waals surface area contributed by atoms with Gasteiger partial charge in [0.15, 0.2) is 0 Å². The van der Waals surface area contributed by atoms with Crippen LogP contribution >= 0.6 is 0 Å². The van der Waals surface area contributed by atoms with E-state index in [9.17, 15) is 0 Å². The molecule has 1 unspecified atom stereocenters. The van der Waals surface area contributed by atoms with E-state index in [1.165, 1.54) is 50.6 Å². The minimum atomic E-state index is 0.551. The van der Waals surface area contributed by atoms with Gasteiger partial charge >= 0.3 is 0 Å². The summed E-state index contributed by atoms with van der Waals surface area (Å²) in [6, 6.07) is 3.55. The molecular formula is C18H29NO. The predicted octanol–water partition coefficient (Wildman–Crippen LogP) is 5.02. The summed E-state index contributed by atoms with van der Waals surface area (Å²) < 4.78 is 5.35. The zero-order valence-corrected chi connectivity index (χ0v) is 13.3. The average Bonchev–Trinajstić information content (AvgIpc) is 3.01. The minimum Gasteiger partial charge on any atom is -0.472 e. The van der Waals surface area contributed by atoms with Crippen LogP contribution in [0, 0.1) is 11.3 Å². The predicted molar refractivity (Wildman–Crippen MR) is 82.6 cm³/mol. The highest BCUT2D eigenvalue weighted by atomic mass is 16.3. The first kappa shape index (κ1) is 14.2. The molecule has 1 aromatic rings. The van der Waals surface area contributed by atoms with E-state index in [0.29, 0.717) is 11.5 Å². The minimum absolute atomic E-state index is 0.551. The summed E-state index contributed by atoms with van der Waals surface area (Å²) in [6.07, 6.45) is 11.9. The third-order valence-corrected chi connectivity index (χ3v) is 6.29. The molecule has 1 aromatic heterocycles. The second-order valence-corrected chi connectivity index (χ2v) is 7.11. The van der Waals surface area contributed by atoms with Crippen molar-refractivity contribution >= 4 is 0 Å². The number of fused-ring (bicyclic) bond motifs is 1. The molecule has 0 bridgehead atoms. The molecule has 3 rings (SSSR count). The molecule has 2 heteroatoms. The molecule has 2 nitrogen and oxygen atoms in total. The Labute approximate surface area is 123 Å². The van der Waals surface area contributed by atoms with Crippen molar-refractivity contribution in [2.45, 2.75) is 71.4 Å². The number of hydrogen-bond acceptors (Lipinski definition) is 2. The number of nitrogens with zero attached hydrogens (tertiary/aromatic N) is 1. The third kappa shape index (κ3) is 2.32. The van der Waals surface area contributed by atoms with E-state index in [4.69, 9.17) is 4.42 Å². The maximum absolute atomic E-state index is 5.35. The lowest BCUT2D eigenvalue weighted by molar-refractivity contribution is -0.0445. The molecule has 2 saturated heterocycles. The van der Waals surface area contributed by atoms with Gasteiger partial charge in [-0.1, -0.05) is 20.8 Å². The topological polar surface area (TPSA) is 16.4 Å². The smallest absolute Gasteiger partial charge is 0.0950 e. The van der Waals surface area contributed by atoms with Gasteiger partial charge in [-0.25, -0.2) is 0 Å². The van der Waals surface area contributed by atoms with Gasteiger partial charge in [-0.05, 0) is 55.9 Å². The largest absolute Gasteiger partial charge is 0.472 e. The number of hydrogen-bond donors (Lipinski definition) is 0. The highest BCUT2D eigenvalue weighted by Gasteiger charge is 2.44. The van der Waals surface area contributed by atoms with Crippen molar-refractivity contribution in [1.82, 2.24) is 4.90 Å². The summed E-state index contributed by atoms with van der Waals surface area (Å²) in [5.74, 6) is 0.852. The molecule has 2 fully saturated rings. The molecule has 0 radical (unpaired) electrons. The van der Waals surface area contributed by atoms with Crippen LogP contribution in [0.25, 0.3) is 0 Å². The Morgan fingerprint density at radius 1 is 1.25 bits per heavy atom. The molecule has 112 valence electrons. The highest BCUT2D eigenvalue weighted by molar-refractivity contribution is 5.15. The Bertz CT molecular complexity index is 421. The lowest BCUT2D eigenvalue weighted by Gasteiger charge is -2.54. The summed E-state index contributed by atoms with van der Waals surface area (Å²) in [5, 5.41) is 0. The lowest BCUT2D eigenvalue weighted by atomic mass is 9.69. The van der Waals surface area contributed by atoms with Gasteiger partial charge in [-0.3, -0.25) is 4.90 Å². The molecule has 3 atom stereocenters. The van der Waals surface area contributed by atoms with Crippen LogP contribution in [-0.2, 0) is 0 Å². The molecule has 0 spiro atoms. The quantitative estimate of drug-likeness (QED) is 0.770. The summed E-state index contributed by atoms with van der Waals surface area (Å²) in [6.45, 7) is 8.49. The highest BCUT2D eigenvalue weighted by Crippen LogP contribution is 2.48. The van der Waals surface area contributed by atoms with Crippen molar-refractivity contribution in [2.24, 2.45) is 11.3 Å². The van der Waals surface area contributed by atoms with Gasteiger partial charge in [0.05, 0.1) is 12.5 Å². The van der Waals surface area contributed by atoms with E-state index >= 15 is 0 Å². The Morgan fingerprint density at radius 2 is 2.05 bits per heavy atom. The van der Waals surface area contributed by atoms with Crippen molar-refractivity contribution in [1.29, 1.82) is 0 Å². The molecule has 3 heterocycles. The van der Waals surface area contributed by atoms with Crippen LogP contribution in [0.4, 0.5) is 0 Å². The second-order valence-electron chi connectivity index (χ2n) is 7.11. The average molecular weight is 275 g/mol. The normalized spacial score (nSPS) is 33.9. The van der Waals surface area contributed by atoms with E-state index in [0.717, 1.165) is 12.0 Å². The van der Waals surface area contributed by atoms with Crippen molar-refractivity contribution in [3.63, 3.8) is 0 Å². The maximum Gasteiger partial charge on any atom is 0.0950 e.